The van der Waals surface area contributed by atoms with E-state index in [1.165, 1.54) is 18.1 Å². The molecular formula is C23H16N2O6S. The van der Waals surface area contributed by atoms with Gasteiger partial charge in [-0.3, -0.25) is 19.3 Å². The zero-order valence-corrected chi connectivity index (χ0v) is 17.8. The number of hydrogen-bond donors (Lipinski definition) is 1. The largest absolute Gasteiger partial charge is 0.503 e. The van der Waals surface area contributed by atoms with E-state index in [1.807, 2.05) is 6.07 Å². The summed E-state index contributed by atoms with van der Waals surface area (Å²) in [5.41, 5.74) is 0.787. The highest BCUT2D eigenvalue weighted by Crippen LogP contribution is 2.44. The molecule has 1 aliphatic heterocycles. The van der Waals surface area contributed by atoms with Gasteiger partial charge in [-0.1, -0.05) is 29.5 Å². The Bertz CT molecular complexity index is 1390. The number of benzene rings is 1. The van der Waals surface area contributed by atoms with Crippen molar-refractivity contribution >= 4 is 44.9 Å². The van der Waals surface area contributed by atoms with Gasteiger partial charge in [0.25, 0.3) is 5.91 Å². The van der Waals surface area contributed by atoms with Gasteiger partial charge in [0.2, 0.25) is 5.78 Å². The lowest BCUT2D eigenvalue weighted by molar-refractivity contribution is -0.117. The average molecular weight is 448 g/mol. The zero-order chi connectivity index (χ0) is 22.6. The number of carbonyl (C=O) groups is 3. The minimum atomic E-state index is -1.07. The van der Waals surface area contributed by atoms with Crippen molar-refractivity contribution < 1.29 is 28.3 Å². The lowest BCUT2D eigenvalue weighted by atomic mass is 10.00. The zero-order valence-electron chi connectivity index (χ0n) is 17.0. The fourth-order valence-corrected chi connectivity index (χ4v) is 4.78. The van der Waals surface area contributed by atoms with Crippen LogP contribution in [0.3, 0.4) is 0 Å². The van der Waals surface area contributed by atoms with Crippen LogP contribution in [0.4, 0.5) is 5.13 Å². The molecule has 0 bridgehead atoms. The molecule has 0 radical (unpaired) electrons. The average Bonchev–Trinajstić information content (AvgIpc) is 3.54. The lowest BCUT2D eigenvalue weighted by Gasteiger charge is -2.21. The Morgan fingerprint density at radius 1 is 1.19 bits per heavy atom. The van der Waals surface area contributed by atoms with Crippen LogP contribution in [-0.2, 0) is 4.79 Å². The molecule has 1 aliphatic rings. The highest BCUT2D eigenvalue weighted by Gasteiger charge is 2.48. The van der Waals surface area contributed by atoms with Crippen LogP contribution in [0.25, 0.3) is 11.0 Å². The number of Topliss-reactive ketones (excluding diaryl/α,β-unsaturated/α-hetero) is 2. The van der Waals surface area contributed by atoms with Crippen molar-refractivity contribution in [1.29, 1.82) is 0 Å². The van der Waals surface area contributed by atoms with Gasteiger partial charge in [-0.25, -0.2) is 4.98 Å². The molecule has 1 unspecified atom stereocenters. The van der Waals surface area contributed by atoms with Crippen molar-refractivity contribution in [3.8, 4) is 0 Å². The first-order valence-corrected chi connectivity index (χ1v) is 10.5. The third kappa shape index (κ3) is 2.97. The SMILES string of the molecule is CC(=O)c1sc(N2C(=O)C(O)=C(C(=O)c3cc4ccccc4o3)C2c2ccco2)nc1C. The first-order chi connectivity index (χ1) is 15.4. The van der Waals surface area contributed by atoms with Gasteiger partial charge in [0.05, 0.1) is 22.4 Å². The van der Waals surface area contributed by atoms with Crippen LogP contribution in [0.2, 0.25) is 0 Å². The maximum atomic E-state index is 13.4. The van der Waals surface area contributed by atoms with Crippen LogP contribution < -0.4 is 4.90 Å². The van der Waals surface area contributed by atoms with E-state index in [4.69, 9.17) is 8.83 Å². The van der Waals surface area contributed by atoms with E-state index in [0.29, 0.717) is 21.5 Å². The van der Waals surface area contributed by atoms with Crippen LogP contribution in [0.15, 0.2) is 68.9 Å². The maximum absolute atomic E-state index is 13.4. The van der Waals surface area contributed by atoms with E-state index >= 15 is 0 Å². The molecule has 5 rings (SSSR count). The second kappa shape index (κ2) is 7.31. The number of aliphatic hydroxyl groups excluding tert-OH is 1. The number of furan rings is 2. The predicted octanol–water partition coefficient (Wildman–Crippen LogP) is 4.78. The summed E-state index contributed by atoms with van der Waals surface area (Å²) >= 11 is 1.02. The summed E-state index contributed by atoms with van der Waals surface area (Å²) in [6, 6.07) is 10.8. The smallest absolute Gasteiger partial charge is 0.296 e. The third-order valence-corrected chi connectivity index (χ3v) is 6.48. The maximum Gasteiger partial charge on any atom is 0.296 e. The van der Waals surface area contributed by atoms with Gasteiger partial charge in [0.1, 0.15) is 17.4 Å². The number of rotatable bonds is 5. The van der Waals surface area contributed by atoms with Crippen molar-refractivity contribution in [3.63, 3.8) is 0 Å². The first kappa shape index (κ1) is 20.0. The highest BCUT2D eigenvalue weighted by atomic mass is 32.1. The van der Waals surface area contributed by atoms with Gasteiger partial charge in [0, 0.05) is 12.3 Å². The summed E-state index contributed by atoms with van der Waals surface area (Å²) in [6.07, 6.45) is 1.41. The first-order valence-electron chi connectivity index (χ1n) is 9.68. The quantitative estimate of drug-likeness (QED) is 0.437. The van der Waals surface area contributed by atoms with E-state index in [1.54, 1.807) is 43.3 Å². The van der Waals surface area contributed by atoms with E-state index in [0.717, 1.165) is 11.3 Å². The molecule has 0 aliphatic carbocycles. The van der Waals surface area contributed by atoms with Gasteiger partial charge in [-0.05, 0) is 31.2 Å². The van der Waals surface area contributed by atoms with Crippen LogP contribution in [0, 0.1) is 6.92 Å². The number of aromatic nitrogens is 1. The molecule has 0 fully saturated rings. The standard InChI is InChI=1S/C23H16N2O6S/c1-11-21(12(2)26)32-23(24-11)25-18(15-8-5-9-30-15)17(20(28)22(25)29)19(27)16-10-13-6-3-4-7-14(13)31-16/h3-10,18,28H,1-2H3. The Balaban J connectivity index is 1.64. The van der Waals surface area contributed by atoms with Gasteiger partial charge in [-0.15, -0.1) is 0 Å². The normalized spacial score (nSPS) is 16.4. The van der Waals surface area contributed by atoms with E-state index in [-0.39, 0.29) is 28.0 Å². The number of aryl methyl sites for hydroxylation is 1. The molecule has 1 N–H and O–H groups in total. The lowest BCUT2D eigenvalue weighted by Crippen LogP contribution is -2.30. The highest BCUT2D eigenvalue weighted by molar-refractivity contribution is 7.17. The Morgan fingerprint density at radius 2 is 1.97 bits per heavy atom. The topological polar surface area (TPSA) is 114 Å². The summed E-state index contributed by atoms with van der Waals surface area (Å²) in [5.74, 6) is -2.11. The predicted molar refractivity (Wildman–Crippen MR) is 116 cm³/mol. The van der Waals surface area contributed by atoms with Crippen molar-refractivity contribution in [2.75, 3.05) is 4.90 Å². The number of amides is 1. The minimum absolute atomic E-state index is 0.0151. The van der Waals surface area contributed by atoms with Crippen LogP contribution in [0.1, 0.15) is 44.6 Å². The summed E-state index contributed by atoms with van der Waals surface area (Å²) < 4.78 is 11.2. The summed E-state index contributed by atoms with van der Waals surface area (Å²) in [4.78, 5) is 44.4. The Hall–Kier alpha value is -3.98. The van der Waals surface area contributed by atoms with Crippen molar-refractivity contribution in [2.24, 2.45) is 0 Å². The molecular weight excluding hydrogens is 432 g/mol. The number of hydrogen-bond acceptors (Lipinski definition) is 8. The second-order valence-electron chi connectivity index (χ2n) is 7.30. The fraction of sp³-hybridized carbons (Fsp3) is 0.130. The molecule has 0 saturated heterocycles. The molecule has 32 heavy (non-hydrogen) atoms. The van der Waals surface area contributed by atoms with Gasteiger partial charge < -0.3 is 13.9 Å². The third-order valence-electron chi connectivity index (χ3n) is 5.23. The Morgan fingerprint density at radius 3 is 2.62 bits per heavy atom. The van der Waals surface area contributed by atoms with Crippen molar-refractivity contribution in [3.05, 3.63) is 82.2 Å². The Kier molecular flexibility index (Phi) is 4.56. The molecule has 1 aromatic carbocycles. The number of carbonyl (C=O) groups excluding carboxylic acids is 3. The van der Waals surface area contributed by atoms with E-state index in [2.05, 4.69) is 4.98 Å². The molecule has 1 atom stereocenters. The molecule has 3 aromatic heterocycles. The van der Waals surface area contributed by atoms with Crippen molar-refractivity contribution in [2.45, 2.75) is 19.9 Å². The van der Waals surface area contributed by atoms with Crippen LogP contribution >= 0.6 is 11.3 Å². The molecule has 4 aromatic rings. The van der Waals surface area contributed by atoms with Crippen LogP contribution in [-0.4, -0.2) is 27.6 Å². The van der Waals surface area contributed by atoms with Gasteiger partial charge in [-0.2, -0.15) is 0 Å². The number of anilines is 1. The van der Waals surface area contributed by atoms with E-state index < -0.39 is 23.5 Å². The minimum Gasteiger partial charge on any atom is -0.503 e. The molecule has 0 spiro atoms. The van der Waals surface area contributed by atoms with Gasteiger partial charge >= 0.3 is 0 Å². The summed E-state index contributed by atoms with van der Waals surface area (Å²) in [5, 5.41) is 11.6. The molecule has 0 saturated carbocycles. The number of aliphatic hydroxyl groups is 1. The molecule has 4 heterocycles. The molecule has 9 heteroatoms. The Labute approximate surface area is 185 Å². The van der Waals surface area contributed by atoms with Crippen LogP contribution in [0.5, 0.6) is 0 Å². The second-order valence-corrected chi connectivity index (χ2v) is 8.28. The van der Waals surface area contributed by atoms with E-state index in [9.17, 15) is 19.5 Å². The monoisotopic (exact) mass is 448 g/mol. The number of nitrogens with zero attached hydrogens (tertiary/aromatic N) is 2. The molecule has 1 amide bonds. The number of para-hydroxylation sites is 1. The fourth-order valence-electron chi connectivity index (χ4n) is 3.79. The van der Waals surface area contributed by atoms with Gasteiger partial charge in [0.15, 0.2) is 22.4 Å². The number of fused-ring (bicyclic) bond motifs is 1. The summed E-state index contributed by atoms with van der Waals surface area (Å²) in [6.45, 7) is 3.07. The summed E-state index contributed by atoms with van der Waals surface area (Å²) in [7, 11) is 0. The number of thiazole rings is 1. The van der Waals surface area contributed by atoms with Crippen molar-refractivity contribution in [1.82, 2.24) is 4.98 Å². The molecule has 8 nitrogen and oxygen atoms in total. The molecule has 160 valence electrons. The number of ketones is 2.